The van der Waals surface area contributed by atoms with Gasteiger partial charge in [0.25, 0.3) is 0 Å². The molecule has 0 amide bonds. The predicted octanol–water partition coefficient (Wildman–Crippen LogP) is 2.31. The predicted molar refractivity (Wildman–Crippen MR) is 63.4 cm³/mol. The third-order valence-electron chi connectivity index (χ3n) is 2.28. The van der Waals surface area contributed by atoms with E-state index in [-0.39, 0.29) is 6.04 Å². The van der Waals surface area contributed by atoms with Crippen molar-refractivity contribution in [3.8, 4) is 0 Å². The molecular weight excluding hydrogens is 186 g/mol. The number of nitrogens with two attached hydrogens (primary N) is 1. The van der Waals surface area contributed by atoms with Crippen LogP contribution < -0.4 is 5.73 Å². The van der Waals surface area contributed by atoms with Crippen LogP contribution in [0.15, 0.2) is 30.3 Å². The molecule has 1 heterocycles. The Bertz CT molecular complexity index is 468. The number of benzene rings is 1. The van der Waals surface area contributed by atoms with Gasteiger partial charge in [0.2, 0.25) is 0 Å². The molecule has 15 heavy (non-hydrogen) atoms. The number of hydrogen-bond donors (Lipinski definition) is 2. The van der Waals surface area contributed by atoms with Crippen molar-refractivity contribution in [2.24, 2.45) is 5.73 Å². The van der Waals surface area contributed by atoms with E-state index in [2.05, 4.69) is 22.3 Å². The van der Waals surface area contributed by atoms with Crippen molar-refractivity contribution in [2.75, 3.05) is 0 Å². The van der Waals surface area contributed by atoms with E-state index in [9.17, 15) is 0 Å². The minimum absolute atomic E-state index is 0.204. The molecule has 3 N–H and O–H groups in total. The minimum atomic E-state index is 0.204. The highest BCUT2D eigenvalue weighted by Gasteiger charge is 1.99. The average molecular weight is 201 g/mol. The molecule has 1 aromatic heterocycles. The lowest BCUT2D eigenvalue weighted by atomic mass is 10.2. The molecule has 0 radical (unpaired) electrons. The van der Waals surface area contributed by atoms with Gasteiger partial charge in [-0.1, -0.05) is 24.3 Å². The van der Waals surface area contributed by atoms with Crippen LogP contribution in [-0.4, -0.2) is 16.2 Å². The third-order valence-corrected chi connectivity index (χ3v) is 2.28. The molecule has 0 bridgehead atoms. The lowest BCUT2D eigenvalue weighted by Crippen LogP contribution is -2.12. The number of para-hydroxylation sites is 1. The van der Waals surface area contributed by atoms with E-state index < -0.39 is 0 Å². The van der Waals surface area contributed by atoms with E-state index >= 15 is 0 Å². The van der Waals surface area contributed by atoms with Crippen molar-refractivity contribution in [3.05, 3.63) is 36.0 Å². The van der Waals surface area contributed by atoms with Crippen LogP contribution >= 0.6 is 0 Å². The van der Waals surface area contributed by atoms with Crippen LogP contribution in [0.25, 0.3) is 17.0 Å². The summed E-state index contributed by atoms with van der Waals surface area (Å²) in [6.07, 6.45) is 5.00. The molecule has 2 aromatic rings. The van der Waals surface area contributed by atoms with Crippen LogP contribution in [0, 0.1) is 0 Å². The van der Waals surface area contributed by atoms with E-state index in [0.29, 0.717) is 0 Å². The second-order valence-corrected chi connectivity index (χ2v) is 3.77. The summed E-state index contributed by atoms with van der Waals surface area (Å²) >= 11 is 0. The Morgan fingerprint density at radius 2 is 2.27 bits per heavy atom. The second-order valence-electron chi connectivity index (χ2n) is 3.77. The van der Waals surface area contributed by atoms with E-state index in [1.807, 2.05) is 31.2 Å². The number of rotatable bonds is 3. The molecule has 0 aliphatic carbocycles. The van der Waals surface area contributed by atoms with Gasteiger partial charge in [0.1, 0.15) is 0 Å². The van der Waals surface area contributed by atoms with E-state index in [4.69, 9.17) is 5.73 Å². The Balaban J connectivity index is 2.25. The molecule has 0 saturated heterocycles. The first-order chi connectivity index (χ1) is 7.27. The van der Waals surface area contributed by atoms with Gasteiger partial charge in [-0.15, -0.1) is 0 Å². The first-order valence-corrected chi connectivity index (χ1v) is 5.12. The van der Waals surface area contributed by atoms with Crippen LogP contribution in [0.5, 0.6) is 0 Å². The fourth-order valence-corrected chi connectivity index (χ4v) is 1.51. The standard InChI is InChI=1S/C12H15N3/c1-9(13)5-4-8-12-10-6-2-3-7-11(10)14-15-12/h2-4,6-9H,5,13H2,1H3,(H,14,15)/b8-4+/t9-/m0/s1. The molecule has 0 aliphatic heterocycles. The second kappa shape index (κ2) is 4.28. The maximum absolute atomic E-state index is 5.67. The highest BCUT2D eigenvalue weighted by molar-refractivity contribution is 5.86. The van der Waals surface area contributed by atoms with Gasteiger partial charge in [0, 0.05) is 11.4 Å². The van der Waals surface area contributed by atoms with E-state index in [0.717, 1.165) is 23.0 Å². The summed E-state index contributed by atoms with van der Waals surface area (Å²) in [6.45, 7) is 2.00. The van der Waals surface area contributed by atoms with Crippen molar-refractivity contribution in [1.82, 2.24) is 10.2 Å². The molecule has 1 aromatic carbocycles. The largest absolute Gasteiger partial charge is 0.328 e. The Morgan fingerprint density at radius 3 is 3.07 bits per heavy atom. The van der Waals surface area contributed by atoms with Gasteiger partial charge in [-0.2, -0.15) is 5.10 Å². The molecule has 0 spiro atoms. The molecule has 0 aliphatic rings. The monoisotopic (exact) mass is 201 g/mol. The summed E-state index contributed by atoms with van der Waals surface area (Å²) in [6, 6.07) is 8.26. The van der Waals surface area contributed by atoms with Crippen molar-refractivity contribution < 1.29 is 0 Å². The van der Waals surface area contributed by atoms with Crippen molar-refractivity contribution in [1.29, 1.82) is 0 Å². The molecule has 0 unspecified atom stereocenters. The Kier molecular flexibility index (Phi) is 2.83. The summed E-state index contributed by atoms with van der Waals surface area (Å²) in [5, 5.41) is 8.37. The number of aromatic amines is 1. The molecule has 0 fully saturated rings. The highest BCUT2D eigenvalue weighted by atomic mass is 15.1. The van der Waals surface area contributed by atoms with Crippen LogP contribution in [0.4, 0.5) is 0 Å². The number of fused-ring (bicyclic) bond motifs is 1. The molecular formula is C12H15N3. The van der Waals surface area contributed by atoms with Crippen molar-refractivity contribution in [2.45, 2.75) is 19.4 Å². The van der Waals surface area contributed by atoms with Gasteiger partial charge in [0.05, 0.1) is 11.2 Å². The maximum atomic E-state index is 5.67. The summed E-state index contributed by atoms with van der Waals surface area (Å²) in [5.41, 5.74) is 7.71. The lowest BCUT2D eigenvalue weighted by Gasteiger charge is -1.96. The van der Waals surface area contributed by atoms with Crippen LogP contribution in [0.2, 0.25) is 0 Å². The summed E-state index contributed by atoms with van der Waals surface area (Å²) in [5.74, 6) is 0. The molecule has 2 rings (SSSR count). The zero-order valence-corrected chi connectivity index (χ0v) is 8.77. The van der Waals surface area contributed by atoms with E-state index in [1.54, 1.807) is 0 Å². The third kappa shape index (κ3) is 2.25. The quantitative estimate of drug-likeness (QED) is 0.800. The SMILES string of the molecule is C[C@H](N)C/C=C/c1[nH]nc2ccccc12. The van der Waals surface area contributed by atoms with Crippen LogP contribution in [0.1, 0.15) is 19.0 Å². The number of nitrogens with zero attached hydrogens (tertiary/aromatic N) is 1. The maximum Gasteiger partial charge on any atom is 0.0927 e. The summed E-state index contributed by atoms with van der Waals surface area (Å²) in [7, 11) is 0. The zero-order valence-electron chi connectivity index (χ0n) is 8.77. The smallest absolute Gasteiger partial charge is 0.0927 e. The molecule has 3 nitrogen and oxygen atoms in total. The molecule has 1 atom stereocenters. The van der Waals surface area contributed by atoms with Crippen LogP contribution in [0.3, 0.4) is 0 Å². The van der Waals surface area contributed by atoms with Gasteiger partial charge in [-0.25, -0.2) is 0 Å². The highest BCUT2D eigenvalue weighted by Crippen LogP contribution is 2.16. The first kappa shape index (κ1) is 9.93. The average Bonchev–Trinajstić information content (AvgIpc) is 2.62. The Labute approximate surface area is 89.0 Å². The summed E-state index contributed by atoms with van der Waals surface area (Å²) in [4.78, 5) is 0. The number of aromatic nitrogens is 2. The van der Waals surface area contributed by atoms with Crippen molar-refractivity contribution >= 4 is 17.0 Å². The fraction of sp³-hybridized carbons (Fsp3) is 0.250. The Hall–Kier alpha value is -1.61. The van der Waals surface area contributed by atoms with Gasteiger partial charge < -0.3 is 5.73 Å². The zero-order chi connectivity index (χ0) is 10.7. The van der Waals surface area contributed by atoms with Crippen LogP contribution in [-0.2, 0) is 0 Å². The number of nitrogens with one attached hydrogen (secondary N) is 1. The Morgan fingerprint density at radius 1 is 1.47 bits per heavy atom. The normalized spacial score (nSPS) is 13.7. The first-order valence-electron chi connectivity index (χ1n) is 5.12. The van der Waals surface area contributed by atoms with E-state index in [1.165, 1.54) is 0 Å². The van der Waals surface area contributed by atoms with Gasteiger partial charge in [-0.05, 0) is 25.5 Å². The topological polar surface area (TPSA) is 54.7 Å². The number of H-pyrrole nitrogens is 1. The molecule has 3 heteroatoms. The minimum Gasteiger partial charge on any atom is -0.328 e. The lowest BCUT2D eigenvalue weighted by molar-refractivity contribution is 0.759. The molecule has 78 valence electrons. The van der Waals surface area contributed by atoms with Crippen molar-refractivity contribution in [3.63, 3.8) is 0 Å². The summed E-state index contributed by atoms with van der Waals surface area (Å²) < 4.78 is 0. The molecule has 0 saturated carbocycles. The van der Waals surface area contributed by atoms with Gasteiger partial charge in [-0.3, -0.25) is 5.10 Å². The number of hydrogen-bond acceptors (Lipinski definition) is 2. The van der Waals surface area contributed by atoms with Gasteiger partial charge >= 0.3 is 0 Å². The fourth-order valence-electron chi connectivity index (χ4n) is 1.51. The van der Waals surface area contributed by atoms with Gasteiger partial charge in [0.15, 0.2) is 0 Å².